The van der Waals surface area contributed by atoms with Crippen molar-refractivity contribution in [3.63, 3.8) is 0 Å². The van der Waals surface area contributed by atoms with Gasteiger partial charge in [0.15, 0.2) is 5.79 Å². The maximum absolute atomic E-state index is 13.1. The van der Waals surface area contributed by atoms with Crippen LogP contribution < -0.4 is 0 Å². The molecule has 9 heteroatoms. The Bertz CT molecular complexity index is 759. The van der Waals surface area contributed by atoms with Crippen molar-refractivity contribution in [1.82, 2.24) is 5.06 Å². The van der Waals surface area contributed by atoms with Crippen molar-refractivity contribution in [3.8, 4) is 0 Å². The van der Waals surface area contributed by atoms with Gasteiger partial charge in [-0.25, -0.2) is 0 Å². The molecule has 3 aliphatic rings. The molecule has 3 heterocycles. The molecule has 30 heavy (non-hydrogen) atoms. The van der Waals surface area contributed by atoms with Crippen molar-refractivity contribution in [2.24, 2.45) is 5.92 Å². The Morgan fingerprint density at radius 1 is 1.13 bits per heavy atom. The van der Waals surface area contributed by atoms with Crippen LogP contribution >= 0.6 is 0 Å². The van der Waals surface area contributed by atoms with Gasteiger partial charge in [0, 0.05) is 14.2 Å². The van der Waals surface area contributed by atoms with Gasteiger partial charge in [-0.2, -0.15) is 5.06 Å². The number of ether oxygens (including phenoxy) is 6. The highest BCUT2D eigenvalue weighted by molar-refractivity contribution is 5.75. The minimum Gasteiger partial charge on any atom is -0.469 e. The van der Waals surface area contributed by atoms with Crippen LogP contribution in [0.1, 0.15) is 25.5 Å². The van der Waals surface area contributed by atoms with Gasteiger partial charge in [-0.1, -0.05) is 30.3 Å². The zero-order valence-corrected chi connectivity index (χ0v) is 17.9. The van der Waals surface area contributed by atoms with Crippen molar-refractivity contribution in [1.29, 1.82) is 0 Å². The van der Waals surface area contributed by atoms with Crippen LogP contribution in [0.4, 0.5) is 0 Å². The first-order chi connectivity index (χ1) is 14.3. The lowest BCUT2D eigenvalue weighted by atomic mass is 9.84. The van der Waals surface area contributed by atoms with Gasteiger partial charge >= 0.3 is 5.97 Å². The van der Waals surface area contributed by atoms with Crippen molar-refractivity contribution < 1.29 is 38.1 Å². The monoisotopic (exact) mass is 423 g/mol. The van der Waals surface area contributed by atoms with Crippen LogP contribution in [-0.4, -0.2) is 75.6 Å². The van der Waals surface area contributed by atoms with Crippen LogP contribution in [0.5, 0.6) is 0 Å². The van der Waals surface area contributed by atoms with Crippen LogP contribution in [0, 0.1) is 5.92 Å². The molecule has 9 nitrogen and oxygen atoms in total. The van der Waals surface area contributed by atoms with E-state index in [-0.39, 0.29) is 13.4 Å². The maximum atomic E-state index is 13.1. The quantitative estimate of drug-likeness (QED) is 0.385. The summed E-state index contributed by atoms with van der Waals surface area (Å²) in [6.07, 6.45) is -1.64. The van der Waals surface area contributed by atoms with E-state index in [0.29, 0.717) is 0 Å². The molecular formula is C21H29NO8. The third kappa shape index (κ3) is 3.54. The summed E-state index contributed by atoms with van der Waals surface area (Å²) in [5.41, 5.74) is 0.907. The molecule has 6 atom stereocenters. The molecule has 1 aromatic rings. The van der Waals surface area contributed by atoms with Gasteiger partial charge in [0.2, 0.25) is 5.79 Å². The number of benzene rings is 1. The van der Waals surface area contributed by atoms with E-state index >= 15 is 0 Å². The average molecular weight is 423 g/mol. The maximum Gasteiger partial charge on any atom is 0.316 e. The number of nitrogens with zero attached hydrogens (tertiary/aromatic N) is 1. The fraction of sp³-hybridized carbons (Fsp3) is 0.667. The SMILES string of the molecule is COCOC[C@H]1O[C@@]2(ON(C)[C@H](c3ccccc3)[C@H]2C(=O)OC)[C@@H]2OC(C)(C)O[C@@H]21. The number of hydrogen-bond donors (Lipinski definition) is 0. The molecule has 0 radical (unpaired) electrons. The van der Waals surface area contributed by atoms with E-state index in [1.54, 1.807) is 19.2 Å². The van der Waals surface area contributed by atoms with E-state index in [4.69, 9.17) is 33.3 Å². The first-order valence-corrected chi connectivity index (χ1v) is 9.98. The van der Waals surface area contributed by atoms with Gasteiger partial charge in [0.1, 0.15) is 31.0 Å². The third-order valence-corrected chi connectivity index (χ3v) is 5.73. The molecule has 0 N–H and O–H groups in total. The van der Waals surface area contributed by atoms with Crippen LogP contribution in [-0.2, 0) is 38.1 Å². The number of methoxy groups -OCH3 is 2. The van der Waals surface area contributed by atoms with Crippen LogP contribution in [0.3, 0.4) is 0 Å². The highest BCUT2D eigenvalue weighted by atomic mass is 16.9. The average Bonchev–Trinajstić information content (AvgIpc) is 3.30. The molecule has 4 rings (SSSR count). The lowest BCUT2D eigenvalue weighted by Gasteiger charge is -2.33. The van der Waals surface area contributed by atoms with E-state index in [9.17, 15) is 4.79 Å². The van der Waals surface area contributed by atoms with E-state index in [1.165, 1.54) is 7.11 Å². The fourth-order valence-corrected chi connectivity index (χ4v) is 4.68. The minimum absolute atomic E-state index is 0.113. The summed E-state index contributed by atoms with van der Waals surface area (Å²) in [4.78, 5) is 19.3. The molecule has 0 aliphatic carbocycles. The van der Waals surface area contributed by atoms with Crippen LogP contribution in [0.2, 0.25) is 0 Å². The summed E-state index contributed by atoms with van der Waals surface area (Å²) < 4.78 is 34.4. The molecule has 0 unspecified atom stereocenters. The summed E-state index contributed by atoms with van der Waals surface area (Å²) in [6.45, 7) is 3.97. The predicted molar refractivity (Wildman–Crippen MR) is 103 cm³/mol. The Morgan fingerprint density at radius 3 is 2.53 bits per heavy atom. The Kier molecular flexibility index (Phi) is 5.88. The zero-order chi connectivity index (χ0) is 21.5. The Hall–Kier alpha value is -1.59. The van der Waals surface area contributed by atoms with Gasteiger partial charge in [-0.05, 0) is 19.4 Å². The largest absolute Gasteiger partial charge is 0.469 e. The molecule has 0 aromatic heterocycles. The molecule has 166 valence electrons. The topological polar surface area (TPSA) is 84.9 Å². The second-order valence-corrected chi connectivity index (χ2v) is 8.17. The van der Waals surface area contributed by atoms with Crippen molar-refractivity contribution >= 4 is 5.97 Å². The van der Waals surface area contributed by atoms with E-state index in [0.717, 1.165) is 5.56 Å². The summed E-state index contributed by atoms with van der Waals surface area (Å²) >= 11 is 0. The minimum atomic E-state index is -1.41. The summed E-state index contributed by atoms with van der Waals surface area (Å²) in [5, 5.41) is 1.64. The molecular weight excluding hydrogens is 394 g/mol. The normalized spacial score (nSPS) is 37.6. The van der Waals surface area contributed by atoms with E-state index in [2.05, 4.69) is 0 Å². The van der Waals surface area contributed by atoms with Gasteiger partial charge in [-0.3, -0.25) is 9.63 Å². The number of esters is 1. The zero-order valence-electron chi connectivity index (χ0n) is 17.9. The van der Waals surface area contributed by atoms with Crippen molar-refractivity contribution in [2.75, 3.05) is 34.7 Å². The summed E-state index contributed by atoms with van der Waals surface area (Å²) in [5.74, 6) is -3.52. The second-order valence-electron chi connectivity index (χ2n) is 8.17. The van der Waals surface area contributed by atoms with E-state index < -0.39 is 47.8 Å². The first-order valence-electron chi connectivity index (χ1n) is 9.98. The number of hydrogen-bond acceptors (Lipinski definition) is 9. The number of carbonyl (C=O) groups is 1. The molecule has 3 saturated heterocycles. The smallest absolute Gasteiger partial charge is 0.316 e. The number of fused-ring (bicyclic) bond motifs is 2. The summed E-state index contributed by atoms with van der Waals surface area (Å²) in [7, 11) is 4.68. The summed E-state index contributed by atoms with van der Waals surface area (Å²) in [6, 6.07) is 9.22. The molecule has 0 saturated carbocycles. The van der Waals surface area contributed by atoms with Gasteiger partial charge in [0.25, 0.3) is 0 Å². The van der Waals surface area contributed by atoms with Gasteiger partial charge in [-0.15, -0.1) is 0 Å². The van der Waals surface area contributed by atoms with Gasteiger partial charge in [0.05, 0.1) is 19.8 Å². The molecule has 1 spiro atoms. The Balaban J connectivity index is 1.73. The van der Waals surface area contributed by atoms with E-state index in [1.807, 2.05) is 44.2 Å². The number of hydroxylamine groups is 2. The van der Waals surface area contributed by atoms with Crippen molar-refractivity contribution in [2.45, 2.75) is 49.8 Å². The predicted octanol–water partition coefficient (Wildman–Crippen LogP) is 1.63. The van der Waals surface area contributed by atoms with Crippen LogP contribution in [0.15, 0.2) is 30.3 Å². The molecule has 1 aromatic carbocycles. The number of rotatable bonds is 6. The molecule has 3 fully saturated rings. The Morgan fingerprint density at radius 2 is 1.87 bits per heavy atom. The first kappa shape index (κ1) is 21.6. The lowest BCUT2D eigenvalue weighted by Crippen LogP contribution is -2.51. The highest BCUT2D eigenvalue weighted by Crippen LogP contribution is 2.56. The molecule has 0 amide bonds. The van der Waals surface area contributed by atoms with Crippen LogP contribution in [0.25, 0.3) is 0 Å². The second kappa shape index (κ2) is 8.16. The lowest BCUT2D eigenvalue weighted by molar-refractivity contribution is -0.340. The Labute approximate surface area is 176 Å². The number of carbonyl (C=O) groups excluding carboxylic acids is 1. The molecule has 0 bridgehead atoms. The third-order valence-electron chi connectivity index (χ3n) is 5.73. The molecule has 3 aliphatic heterocycles. The van der Waals surface area contributed by atoms with Gasteiger partial charge < -0.3 is 28.4 Å². The van der Waals surface area contributed by atoms with Crippen molar-refractivity contribution in [3.05, 3.63) is 35.9 Å². The fourth-order valence-electron chi connectivity index (χ4n) is 4.68. The standard InChI is InChI=1S/C21H29NO8/c1-20(2)28-17-14(11-26-12-24-4)27-21(18(17)29-20)15(19(23)25-5)16(22(3)30-21)13-9-7-6-8-10-13/h6-10,14-18H,11-12H2,1-5H3/t14-,15+,16-,17-,18-,21+/m1/s1. The highest BCUT2D eigenvalue weighted by Gasteiger charge is 2.73.